The third-order valence-corrected chi connectivity index (χ3v) is 15.5. The van der Waals surface area contributed by atoms with E-state index in [2.05, 4.69) is 101 Å². The van der Waals surface area contributed by atoms with Gasteiger partial charge in [-0.3, -0.25) is 4.79 Å². The van der Waals surface area contributed by atoms with Gasteiger partial charge in [0, 0.05) is 17.8 Å². The van der Waals surface area contributed by atoms with Gasteiger partial charge in [0.25, 0.3) is 8.32 Å². The maximum absolute atomic E-state index is 14.2. The summed E-state index contributed by atoms with van der Waals surface area (Å²) >= 11 is 0. The Labute approximate surface area is 237 Å². The molecule has 5 aliphatic rings. The lowest BCUT2D eigenvalue weighted by atomic mass is 9.54. The quantitative estimate of drug-likeness (QED) is 0.306. The molecule has 0 aromatic heterocycles. The monoisotopic (exact) mass is 554 g/mol. The molecule has 7 atom stereocenters. The molecule has 3 aromatic carbocycles. The van der Waals surface area contributed by atoms with Crippen LogP contribution in [0.3, 0.4) is 0 Å². The molecule has 208 valence electrons. The number of esters is 1. The van der Waals surface area contributed by atoms with Crippen LogP contribution in [0.4, 0.5) is 0 Å². The van der Waals surface area contributed by atoms with Crippen LogP contribution in [0.2, 0.25) is 5.04 Å². The Kier molecular flexibility index (Phi) is 5.71. The van der Waals surface area contributed by atoms with E-state index in [1.54, 1.807) is 7.11 Å². The summed E-state index contributed by atoms with van der Waals surface area (Å²) in [7, 11) is -1.17. The third-order valence-electron chi connectivity index (χ3n) is 10.5. The molecule has 8 rings (SSSR count). The average Bonchev–Trinajstić information content (AvgIpc) is 3.45. The highest BCUT2D eigenvalue weighted by Crippen LogP contribution is 2.71. The molecule has 6 heteroatoms. The Balaban J connectivity index is 1.40. The molecule has 3 heterocycles. The van der Waals surface area contributed by atoms with Gasteiger partial charge in [0.15, 0.2) is 0 Å². The summed E-state index contributed by atoms with van der Waals surface area (Å²) in [4.78, 5) is 14.2. The molecule has 5 nitrogen and oxygen atoms in total. The fourth-order valence-electron chi connectivity index (χ4n) is 8.72. The summed E-state index contributed by atoms with van der Waals surface area (Å²) in [6, 6.07) is 25.5. The van der Waals surface area contributed by atoms with E-state index in [-0.39, 0.29) is 47.1 Å². The molecule has 4 bridgehead atoms. The molecular formula is C34H38O5Si. The van der Waals surface area contributed by atoms with Gasteiger partial charge in [-0.1, -0.05) is 94.4 Å². The lowest BCUT2D eigenvalue weighted by Crippen LogP contribution is -2.70. The first kappa shape index (κ1) is 26.0. The van der Waals surface area contributed by atoms with Gasteiger partial charge in [0.1, 0.15) is 17.3 Å². The molecule has 3 unspecified atom stereocenters. The van der Waals surface area contributed by atoms with Crippen molar-refractivity contribution in [2.24, 2.45) is 17.3 Å². The van der Waals surface area contributed by atoms with E-state index in [4.69, 9.17) is 18.6 Å². The normalized spacial score (nSPS) is 31.7. The standard InChI is InChI=1S/C34H38O5Si/c1-20-25(36-6)18-17-24-26(20)30-27-28(24)34(21(2)29(38-30)31(27)39-32(34)35)19-37-40(33(3,4)5,22-13-9-7-10-14-22)23-15-11-8-12-16-23/h7-18,21,27-31H,19H2,1-6H3/t21?,27-,28-,29?,30?,31-,34-/m1/s1. The lowest BCUT2D eigenvalue weighted by molar-refractivity contribution is -0.217. The van der Waals surface area contributed by atoms with Crippen LogP contribution in [0.25, 0.3) is 0 Å². The zero-order valence-corrected chi connectivity index (χ0v) is 25.1. The largest absolute Gasteiger partial charge is 0.496 e. The van der Waals surface area contributed by atoms with Gasteiger partial charge in [-0.15, -0.1) is 0 Å². The lowest BCUT2D eigenvalue weighted by Gasteiger charge is -2.56. The van der Waals surface area contributed by atoms with E-state index < -0.39 is 13.7 Å². The Bertz CT molecular complexity index is 1430. The van der Waals surface area contributed by atoms with E-state index in [9.17, 15) is 4.79 Å². The number of fused-ring (bicyclic) bond motifs is 3. The number of rotatable bonds is 6. The zero-order valence-electron chi connectivity index (χ0n) is 24.1. The number of methoxy groups -OCH3 is 1. The first-order valence-corrected chi connectivity index (χ1v) is 16.4. The van der Waals surface area contributed by atoms with Crippen molar-refractivity contribution in [2.45, 2.75) is 63.9 Å². The van der Waals surface area contributed by atoms with E-state index in [1.807, 2.05) is 6.07 Å². The second kappa shape index (κ2) is 8.78. The first-order valence-electron chi connectivity index (χ1n) is 14.5. The van der Waals surface area contributed by atoms with Crippen LogP contribution >= 0.6 is 0 Å². The summed E-state index contributed by atoms with van der Waals surface area (Å²) < 4.78 is 26.2. The minimum atomic E-state index is -2.88. The van der Waals surface area contributed by atoms with Crippen molar-refractivity contribution in [3.8, 4) is 5.75 Å². The summed E-state index contributed by atoms with van der Waals surface area (Å²) in [6.07, 6.45) is -0.439. The predicted molar refractivity (Wildman–Crippen MR) is 157 cm³/mol. The molecule has 0 N–H and O–H groups in total. The number of carbonyl (C=O) groups is 1. The fourth-order valence-corrected chi connectivity index (χ4v) is 13.3. The highest BCUT2D eigenvalue weighted by Gasteiger charge is 2.76. The molecule has 1 saturated carbocycles. The Hall–Kier alpha value is -2.93. The molecule has 3 saturated heterocycles. The van der Waals surface area contributed by atoms with Crippen molar-refractivity contribution in [3.05, 3.63) is 89.5 Å². The van der Waals surface area contributed by atoms with E-state index in [1.165, 1.54) is 21.5 Å². The molecule has 3 aromatic rings. The van der Waals surface area contributed by atoms with Crippen LogP contribution in [0, 0.1) is 24.2 Å². The van der Waals surface area contributed by atoms with Crippen LogP contribution in [0.5, 0.6) is 5.75 Å². The fraction of sp³-hybridized carbons (Fsp3) is 0.441. The molecule has 0 amide bonds. The van der Waals surface area contributed by atoms with Gasteiger partial charge in [0.05, 0.1) is 25.9 Å². The van der Waals surface area contributed by atoms with Gasteiger partial charge in [-0.2, -0.15) is 0 Å². The molecule has 2 aliphatic carbocycles. The van der Waals surface area contributed by atoms with Gasteiger partial charge in [-0.25, -0.2) is 0 Å². The maximum Gasteiger partial charge on any atom is 0.315 e. The van der Waals surface area contributed by atoms with Gasteiger partial charge >= 0.3 is 5.97 Å². The van der Waals surface area contributed by atoms with Crippen LogP contribution in [0.1, 0.15) is 56.4 Å². The molecule has 40 heavy (non-hydrogen) atoms. The highest BCUT2D eigenvalue weighted by atomic mass is 28.4. The number of hydrogen-bond donors (Lipinski definition) is 0. The summed E-state index contributed by atoms with van der Waals surface area (Å²) in [6.45, 7) is 11.4. The van der Waals surface area contributed by atoms with Crippen molar-refractivity contribution in [2.75, 3.05) is 13.7 Å². The van der Waals surface area contributed by atoms with Crippen molar-refractivity contribution in [1.82, 2.24) is 0 Å². The minimum absolute atomic E-state index is 0.0182. The van der Waals surface area contributed by atoms with E-state index in [0.29, 0.717) is 6.61 Å². The van der Waals surface area contributed by atoms with Gasteiger partial charge in [-0.05, 0) is 45.1 Å². The Morgan fingerprint density at radius 2 is 1.55 bits per heavy atom. The zero-order chi connectivity index (χ0) is 28.0. The van der Waals surface area contributed by atoms with E-state index in [0.717, 1.165) is 11.3 Å². The van der Waals surface area contributed by atoms with Gasteiger partial charge < -0.3 is 18.6 Å². The van der Waals surface area contributed by atoms with Crippen molar-refractivity contribution < 1.29 is 23.4 Å². The third kappa shape index (κ3) is 3.13. The molecular weight excluding hydrogens is 516 g/mol. The number of ether oxygens (including phenoxy) is 3. The number of carbonyl (C=O) groups excluding carboxylic acids is 1. The topological polar surface area (TPSA) is 54.0 Å². The SMILES string of the molecule is COc1ccc2c(c1C)C1OC3C(C)[C@@]4(CO[Si](c5ccccc5)(c5ccccc5)C(C)(C)C)C(=O)O[C@@H]3[C@@H]1[C@@H]24. The van der Waals surface area contributed by atoms with Gasteiger partial charge in [0.2, 0.25) is 0 Å². The maximum atomic E-state index is 14.2. The van der Waals surface area contributed by atoms with Crippen LogP contribution in [-0.4, -0.2) is 40.2 Å². The molecule has 3 aliphatic heterocycles. The van der Waals surface area contributed by atoms with Crippen molar-refractivity contribution >= 4 is 24.7 Å². The second-order valence-electron chi connectivity index (χ2n) is 13.1. The minimum Gasteiger partial charge on any atom is -0.496 e. The molecule has 4 fully saturated rings. The predicted octanol–water partition coefficient (Wildman–Crippen LogP) is 5.30. The first-order chi connectivity index (χ1) is 19.2. The average molecular weight is 555 g/mol. The van der Waals surface area contributed by atoms with E-state index >= 15 is 0 Å². The number of benzene rings is 3. The summed E-state index contributed by atoms with van der Waals surface area (Å²) in [5.74, 6) is 0.776. The van der Waals surface area contributed by atoms with Crippen LogP contribution in [0.15, 0.2) is 72.8 Å². The summed E-state index contributed by atoms with van der Waals surface area (Å²) in [5.41, 5.74) is 2.65. The Morgan fingerprint density at radius 1 is 0.925 bits per heavy atom. The highest BCUT2D eigenvalue weighted by molar-refractivity contribution is 6.99. The van der Waals surface area contributed by atoms with Crippen LogP contribution in [-0.2, 0) is 18.7 Å². The summed E-state index contributed by atoms with van der Waals surface area (Å²) in [5, 5.41) is 2.22. The molecule has 0 radical (unpaired) electrons. The smallest absolute Gasteiger partial charge is 0.315 e. The number of hydrogen-bond acceptors (Lipinski definition) is 5. The van der Waals surface area contributed by atoms with Crippen LogP contribution < -0.4 is 15.1 Å². The Morgan fingerprint density at radius 3 is 2.12 bits per heavy atom. The van der Waals surface area contributed by atoms with Crippen molar-refractivity contribution in [1.29, 1.82) is 0 Å². The second-order valence-corrected chi connectivity index (χ2v) is 17.4. The molecule has 0 spiro atoms. The van der Waals surface area contributed by atoms with Crippen molar-refractivity contribution in [3.63, 3.8) is 0 Å².